The van der Waals surface area contributed by atoms with Crippen molar-refractivity contribution in [2.45, 2.75) is 39.3 Å². The number of fused-ring (bicyclic) bond motifs is 2. The molecule has 1 aromatic carbocycles. The summed E-state index contributed by atoms with van der Waals surface area (Å²) in [5.74, 6) is 3.23. The van der Waals surface area contributed by atoms with E-state index in [2.05, 4.69) is 50.4 Å². The summed E-state index contributed by atoms with van der Waals surface area (Å²) in [5, 5.41) is 3.85. The van der Waals surface area contributed by atoms with E-state index < -0.39 is 0 Å². The van der Waals surface area contributed by atoms with Crippen molar-refractivity contribution in [3.8, 4) is 11.5 Å². The minimum absolute atomic E-state index is 0.234. The van der Waals surface area contributed by atoms with Crippen LogP contribution in [0.5, 0.6) is 11.5 Å². The maximum absolute atomic E-state index is 6.37. The van der Waals surface area contributed by atoms with Gasteiger partial charge in [0.05, 0.1) is 0 Å². The summed E-state index contributed by atoms with van der Waals surface area (Å²) in [6.45, 7) is 7.12. The van der Waals surface area contributed by atoms with Crippen LogP contribution in [0.3, 0.4) is 0 Å². The first-order valence-corrected chi connectivity index (χ1v) is 8.90. The molecule has 2 heterocycles. The van der Waals surface area contributed by atoms with Crippen LogP contribution < -0.4 is 20.5 Å². The highest BCUT2D eigenvalue weighted by Gasteiger charge is 2.41. The van der Waals surface area contributed by atoms with Gasteiger partial charge in [0.2, 0.25) is 6.79 Å². The molecule has 3 aliphatic rings. The van der Waals surface area contributed by atoms with Crippen molar-refractivity contribution in [2.75, 3.05) is 12.5 Å². The number of hydrogen-bond acceptors (Lipinski definition) is 4. The lowest BCUT2D eigenvalue weighted by Gasteiger charge is -2.47. The summed E-state index contributed by atoms with van der Waals surface area (Å²) in [5.41, 5.74) is 9.65. The van der Waals surface area contributed by atoms with E-state index in [0.717, 1.165) is 29.2 Å². The van der Waals surface area contributed by atoms with Crippen LogP contribution in [0, 0.1) is 17.8 Å². The molecular weight excluding hydrogens is 300 g/mol. The van der Waals surface area contributed by atoms with Crippen LogP contribution in [0.1, 0.15) is 38.8 Å². The average Bonchev–Trinajstić information content (AvgIpc) is 3.01. The van der Waals surface area contributed by atoms with Gasteiger partial charge in [-0.2, -0.15) is 0 Å². The molecule has 4 rings (SSSR count). The maximum Gasteiger partial charge on any atom is 0.231 e. The maximum atomic E-state index is 6.37. The van der Waals surface area contributed by atoms with Crippen molar-refractivity contribution >= 4 is 5.69 Å². The molecule has 128 valence electrons. The van der Waals surface area contributed by atoms with Gasteiger partial charge in [0, 0.05) is 23.8 Å². The molecule has 0 saturated carbocycles. The highest BCUT2D eigenvalue weighted by molar-refractivity contribution is 5.60. The number of anilines is 1. The van der Waals surface area contributed by atoms with E-state index in [9.17, 15) is 0 Å². The Bertz CT molecular complexity index is 710. The van der Waals surface area contributed by atoms with E-state index in [-0.39, 0.29) is 12.8 Å². The van der Waals surface area contributed by atoms with Gasteiger partial charge in [-0.05, 0) is 36.3 Å². The third kappa shape index (κ3) is 2.40. The molecule has 3 N–H and O–H groups in total. The number of nitrogens with one attached hydrogen (secondary N) is 1. The van der Waals surface area contributed by atoms with Gasteiger partial charge in [0.1, 0.15) is 0 Å². The zero-order valence-corrected chi connectivity index (χ0v) is 14.6. The highest BCUT2D eigenvalue weighted by Crippen LogP contribution is 2.47. The van der Waals surface area contributed by atoms with Crippen molar-refractivity contribution in [3.05, 3.63) is 41.5 Å². The monoisotopic (exact) mass is 326 g/mol. The fraction of sp³-hybridized carbons (Fsp3) is 0.500. The highest BCUT2D eigenvalue weighted by atomic mass is 16.7. The SMILES string of the molecule is CCC1C(c2cc3c(cc2N)OCO3)NC2C=CC(C)=CC2C1C. The molecule has 4 heteroatoms. The van der Waals surface area contributed by atoms with E-state index in [4.69, 9.17) is 15.2 Å². The van der Waals surface area contributed by atoms with Gasteiger partial charge in [-0.25, -0.2) is 0 Å². The Balaban J connectivity index is 1.71. The van der Waals surface area contributed by atoms with Crippen molar-refractivity contribution in [3.63, 3.8) is 0 Å². The van der Waals surface area contributed by atoms with Gasteiger partial charge in [0.15, 0.2) is 11.5 Å². The number of allylic oxidation sites excluding steroid dienone is 2. The molecule has 1 saturated heterocycles. The Labute approximate surface area is 143 Å². The van der Waals surface area contributed by atoms with Crippen LogP contribution in [-0.2, 0) is 0 Å². The molecule has 2 aliphatic heterocycles. The molecular formula is C20H26N2O2. The van der Waals surface area contributed by atoms with E-state index >= 15 is 0 Å². The van der Waals surface area contributed by atoms with Crippen molar-refractivity contribution in [2.24, 2.45) is 17.8 Å². The lowest BCUT2D eigenvalue weighted by Crippen LogP contribution is -2.51. The summed E-state index contributed by atoms with van der Waals surface area (Å²) in [4.78, 5) is 0. The van der Waals surface area contributed by atoms with Crippen LogP contribution in [0.4, 0.5) is 5.69 Å². The Morgan fingerprint density at radius 2 is 2.00 bits per heavy atom. The third-order valence-corrected chi connectivity index (χ3v) is 5.90. The largest absolute Gasteiger partial charge is 0.454 e. The van der Waals surface area contributed by atoms with Crippen LogP contribution in [0.15, 0.2) is 35.9 Å². The summed E-state index contributed by atoms with van der Waals surface area (Å²) in [6, 6.07) is 4.57. The fourth-order valence-electron chi connectivity index (χ4n) is 4.58. The minimum Gasteiger partial charge on any atom is -0.454 e. The van der Waals surface area contributed by atoms with Crippen LogP contribution in [0.2, 0.25) is 0 Å². The lowest BCUT2D eigenvalue weighted by molar-refractivity contribution is 0.128. The summed E-state index contributed by atoms with van der Waals surface area (Å²) >= 11 is 0. The van der Waals surface area contributed by atoms with Gasteiger partial charge in [-0.1, -0.05) is 44.1 Å². The van der Waals surface area contributed by atoms with E-state index in [1.54, 1.807) is 0 Å². The number of nitrogen functional groups attached to an aromatic ring is 1. The Kier molecular flexibility index (Phi) is 3.80. The van der Waals surface area contributed by atoms with Gasteiger partial charge < -0.3 is 20.5 Å². The number of piperidine rings is 1. The normalized spacial score (nSPS) is 34.0. The van der Waals surface area contributed by atoms with Gasteiger partial charge in [-0.3, -0.25) is 0 Å². The minimum atomic E-state index is 0.234. The van der Waals surface area contributed by atoms with Crippen molar-refractivity contribution < 1.29 is 9.47 Å². The Morgan fingerprint density at radius 1 is 1.25 bits per heavy atom. The van der Waals surface area contributed by atoms with Crippen LogP contribution in [-0.4, -0.2) is 12.8 Å². The molecule has 24 heavy (non-hydrogen) atoms. The zero-order valence-electron chi connectivity index (χ0n) is 14.6. The Morgan fingerprint density at radius 3 is 2.75 bits per heavy atom. The average molecular weight is 326 g/mol. The quantitative estimate of drug-likeness (QED) is 0.812. The molecule has 5 atom stereocenters. The van der Waals surface area contributed by atoms with Gasteiger partial charge in [0.25, 0.3) is 0 Å². The molecule has 5 unspecified atom stereocenters. The van der Waals surface area contributed by atoms with Gasteiger partial charge >= 0.3 is 0 Å². The van der Waals surface area contributed by atoms with Crippen LogP contribution >= 0.6 is 0 Å². The molecule has 0 spiro atoms. The van der Waals surface area contributed by atoms with Gasteiger partial charge in [-0.15, -0.1) is 0 Å². The number of rotatable bonds is 2. The first kappa shape index (κ1) is 15.6. The lowest BCUT2D eigenvalue weighted by atomic mass is 9.67. The molecule has 1 aliphatic carbocycles. The number of hydrogen-bond donors (Lipinski definition) is 2. The third-order valence-electron chi connectivity index (χ3n) is 5.90. The standard InChI is InChI=1S/C20H26N2O2/c1-4-13-12(3)14-7-11(2)5-6-17(14)22-20(13)15-8-18-19(9-16(15)21)24-10-23-18/h5-9,12-14,17,20,22H,4,10,21H2,1-3H3. The van der Waals surface area contributed by atoms with Crippen LogP contribution in [0.25, 0.3) is 0 Å². The number of benzene rings is 1. The summed E-state index contributed by atoms with van der Waals surface area (Å²) in [6.07, 6.45) is 8.06. The summed E-state index contributed by atoms with van der Waals surface area (Å²) < 4.78 is 11.0. The molecule has 0 aromatic heterocycles. The predicted octanol–water partition coefficient (Wildman–Crippen LogP) is 3.81. The van der Waals surface area contributed by atoms with E-state index in [1.165, 1.54) is 5.57 Å². The number of ether oxygens (including phenoxy) is 2. The smallest absolute Gasteiger partial charge is 0.231 e. The number of nitrogens with two attached hydrogens (primary N) is 1. The Hall–Kier alpha value is -1.94. The first-order valence-electron chi connectivity index (χ1n) is 8.90. The second kappa shape index (κ2) is 5.85. The second-order valence-corrected chi connectivity index (χ2v) is 7.28. The molecule has 4 nitrogen and oxygen atoms in total. The molecule has 0 radical (unpaired) electrons. The topological polar surface area (TPSA) is 56.5 Å². The molecule has 1 fully saturated rings. The predicted molar refractivity (Wildman–Crippen MR) is 96.0 cm³/mol. The van der Waals surface area contributed by atoms with Crippen molar-refractivity contribution in [1.29, 1.82) is 0 Å². The van der Waals surface area contributed by atoms with E-state index in [0.29, 0.717) is 23.8 Å². The zero-order chi connectivity index (χ0) is 16.8. The van der Waals surface area contributed by atoms with E-state index in [1.807, 2.05) is 6.07 Å². The molecule has 1 aromatic rings. The molecule has 0 bridgehead atoms. The molecule has 0 amide bonds. The summed E-state index contributed by atoms with van der Waals surface area (Å²) in [7, 11) is 0. The van der Waals surface area contributed by atoms with Crippen molar-refractivity contribution in [1.82, 2.24) is 5.32 Å². The first-order chi connectivity index (χ1) is 11.6. The second-order valence-electron chi connectivity index (χ2n) is 7.28. The fourth-order valence-corrected chi connectivity index (χ4v) is 4.58.